The highest BCUT2D eigenvalue weighted by atomic mass is 16.6. The van der Waals surface area contributed by atoms with E-state index >= 15 is 0 Å². The van der Waals surface area contributed by atoms with Crippen LogP contribution >= 0.6 is 0 Å². The van der Waals surface area contributed by atoms with Crippen LogP contribution in [0, 0.1) is 17.0 Å². The lowest BCUT2D eigenvalue weighted by Crippen LogP contribution is -2.54. The molecule has 9 heteroatoms. The lowest BCUT2D eigenvalue weighted by molar-refractivity contribution is -0.385. The molecular weight excluding hydrogens is 316 g/mol. The van der Waals surface area contributed by atoms with E-state index in [-0.39, 0.29) is 29.9 Å². The van der Waals surface area contributed by atoms with Crippen molar-refractivity contribution in [1.82, 2.24) is 15.2 Å². The summed E-state index contributed by atoms with van der Waals surface area (Å²) in [5.74, 6) is -1.27. The second kappa shape index (κ2) is 7.35. The van der Waals surface area contributed by atoms with Crippen molar-refractivity contribution in [2.75, 3.05) is 13.1 Å². The molecule has 0 atom stereocenters. The minimum atomic E-state index is -0.873. The number of rotatable bonds is 7. The first-order valence-electron chi connectivity index (χ1n) is 7.69. The first-order valence-corrected chi connectivity index (χ1v) is 7.69. The van der Waals surface area contributed by atoms with Gasteiger partial charge in [-0.15, -0.1) is 0 Å². The predicted octanol–water partition coefficient (Wildman–Crippen LogP) is 0.966. The van der Waals surface area contributed by atoms with Crippen LogP contribution in [0.5, 0.6) is 0 Å². The minimum Gasteiger partial charge on any atom is -0.480 e. The van der Waals surface area contributed by atoms with Crippen LogP contribution in [-0.4, -0.2) is 57.0 Å². The molecule has 9 nitrogen and oxygen atoms in total. The molecule has 2 N–H and O–H groups in total. The maximum absolute atomic E-state index is 12.3. The summed E-state index contributed by atoms with van der Waals surface area (Å²) in [5, 5.41) is 22.5. The summed E-state index contributed by atoms with van der Waals surface area (Å²) in [7, 11) is 0. The zero-order valence-corrected chi connectivity index (χ0v) is 13.6. The van der Waals surface area contributed by atoms with Crippen LogP contribution in [0.25, 0.3) is 0 Å². The topological polar surface area (TPSA) is 126 Å². The van der Waals surface area contributed by atoms with Crippen molar-refractivity contribution in [2.45, 2.75) is 38.8 Å². The summed E-state index contributed by atoms with van der Waals surface area (Å²) in [6.45, 7) is 4.13. The van der Waals surface area contributed by atoms with Crippen LogP contribution in [0.1, 0.15) is 35.8 Å². The molecule has 0 radical (unpaired) electrons. The highest BCUT2D eigenvalue weighted by Gasteiger charge is 2.35. The van der Waals surface area contributed by atoms with Crippen molar-refractivity contribution in [3.63, 3.8) is 0 Å². The van der Waals surface area contributed by atoms with Gasteiger partial charge in [-0.3, -0.25) is 29.6 Å². The van der Waals surface area contributed by atoms with Gasteiger partial charge in [0.1, 0.15) is 6.20 Å². The molecular formula is C15H20N4O5. The van der Waals surface area contributed by atoms with Crippen molar-refractivity contribution in [3.05, 3.63) is 33.6 Å². The number of nitrogens with one attached hydrogen (secondary N) is 1. The Morgan fingerprint density at radius 1 is 1.50 bits per heavy atom. The monoisotopic (exact) mass is 336 g/mol. The second-order valence-corrected chi connectivity index (χ2v) is 5.84. The van der Waals surface area contributed by atoms with E-state index in [4.69, 9.17) is 5.11 Å². The van der Waals surface area contributed by atoms with Gasteiger partial charge in [0.05, 0.1) is 22.7 Å². The van der Waals surface area contributed by atoms with E-state index in [0.717, 1.165) is 6.20 Å². The van der Waals surface area contributed by atoms with Gasteiger partial charge in [-0.1, -0.05) is 6.92 Å². The van der Waals surface area contributed by atoms with Gasteiger partial charge in [0, 0.05) is 18.2 Å². The highest BCUT2D eigenvalue weighted by Crippen LogP contribution is 2.26. The highest BCUT2D eigenvalue weighted by molar-refractivity contribution is 5.96. The van der Waals surface area contributed by atoms with E-state index in [0.29, 0.717) is 25.1 Å². The van der Waals surface area contributed by atoms with Gasteiger partial charge < -0.3 is 10.4 Å². The van der Waals surface area contributed by atoms with Gasteiger partial charge >= 0.3 is 5.97 Å². The number of carboxylic acids is 1. The van der Waals surface area contributed by atoms with Gasteiger partial charge in [0.2, 0.25) is 0 Å². The lowest BCUT2D eigenvalue weighted by atomic mass is 9.85. The number of carbonyl (C=O) groups is 2. The van der Waals surface area contributed by atoms with Crippen LogP contribution in [0.3, 0.4) is 0 Å². The zero-order chi connectivity index (χ0) is 17.9. The standard InChI is InChI=1S/C15H20N4O5/c1-3-18(8-14(20)21)11-4-10(5-11)17-15(22)13-6-12(19(23)24)7-16-9(13)2/h6-7,10-11H,3-5,8H2,1-2H3,(H,17,22)(H,20,21). The summed E-state index contributed by atoms with van der Waals surface area (Å²) < 4.78 is 0. The lowest BCUT2D eigenvalue weighted by Gasteiger charge is -2.42. The summed E-state index contributed by atoms with van der Waals surface area (Å²) in [6.07, 6.45) is 2.44. The number of carbonyl (C=O) groups excluding carboxylic acids is 1. The molecule has 0 aliphatic heterocycles. The van der Waals surface area contributed by atoms with Crippen molar-refractivity contribution >= 4 is 17.6 Å². The molecule has 0 bridgehead atoms. The van der Waals surface area contributed by atoms with Crippen LogP contribution in [0.4, 0.5) is 5.69 Å². The number of pyridine rings is 1. The average molecular weight is 336 g/mol. The SMILES string of the molecule is CCN(CC(=O)O)C1CC(NC(=O)c2cc([N+](=O)[O-])cnc2C)C1. The van der Waals surface area contributed by atoms with E-state index in [1.54, 1.807) is 6.92 Å². The Bertz CT molecular complexity index is 657. The Morgan fingerprint density at radius 2 is 2.17 bits per heavy atom. The number of nitrogens with zero attached hydrogens (tertiary/aromatic N) is 3. The number of aromatic nitrogens is 1. The average Bonchev–Trinajstić information content (AvgIpc) is 2.48. The number of hydrogen-bond acceptors (Lipinski definition) is 6. The molecule has 1 fully saturated rings. The maximum atomic E-state index is 12.3. The fraction of sp³-hybridized carbons (Fsp3) is 0.533. The minimum absolute atomic E-state index is 0.0181. The molecule has 0 spiro atoms. The molecule has 0 saturated heterocycles. The molecule has 130 valence electrons. The third kappa shape index (κ3) is 4.05. The van der Waals surface area contributed by atoms with Crippen molar-refractivity contribution in [3.8, 4) is 0 Å². The summed E-state index contributed by atoms with van der Waals surface area (Å²) in [4.78, 5) is 39.0. The van der Waals surface area contributed by atoms with Crippen LogP contribution in [-0.2, 0) is 4.79 Å². The molecule has 2 rings (SSSR count). The van der Waals surface area contributed by atoms with E-state index in [1.807, 2.05) is 11.8 Å². The number of carboxylic acid groups (broad SMARTS) is 1. The predicted molar refractivity (Wildman–Crippen MR) is 84.8 cm³/mol. The molecule has 0 unspecified atom stereocenters. The van der Waals surface area contributed by atoms with Gasteiger partial charge in [-0.05, 0) is 26.3 Å². The summed E-state index contributed by atoms with van der Waals surface area (Å²) >= 11 is 0. The van der Waals surface area contributed by atoms with Gasteiger partial charge in [0.15, 0.2) is 0 Å². The number of likely N-dealkylation sites (N-methyl/N-ethyl adjacent to an activating group) is 1. The Labute approximate surface area is 138 Å². The van der Waals surface area contributed by atoms with Crippen LogP contribution in [0.15, 0.2) is 12.3 Å². The molecule has 1 aromatic rings. The second-order valence-electron chi connectivity index (χ2n) is 5.84. The number of amides is 1. The maximum Gasteiger partial charge on any atom is 0.317 e. The summed E-state index contributed by atoms with van der Waals surface area (Å²) in [5.41, 5.74) is 0.386. The Hall–Kier alpha value is -2.55. The van der Waals surface area contributed by atoms with Gasteiger partial charge in [-0.25, -0.2) is 0 Å². The van der Waals surface area contributed by atoms with Crippen molar-refractivity contribution < 1.29 is 19.6 Å². The molecule has 1 amide bonds. The van der Waals surface area contributed by atoms with Gasteiger partial charge in [0.25, 0.3) is 11.6 Å². The Morgan fingerprint density at radius 3 is 2.71 bits per heavy atom. The van der Waals surface area contributed by atoms with E-state index in [2.05, 4.69) is 10.3 Å². The molecule has 1 saturated carbocycles. The molecule has 0 aromatic carbocycles. The third-order valence-corrected chi connectivity index (χ3v) is 4.24. The summed E-state index contributed by atoms with van der Waals surface area (Å²) in [6, 6.07) is 1.28. The normalized spacial score (nSPS) is 19.6. The molecule has 24 heavy (non-hydrogen) atoms. The zero-order valence-electron chi connectivity index (χ0n) is 13.6. The number of aryl methyl sites for hydroxylation is 1. The fourth-order valence-electron chi connectivity index (χ4n) is 2.79. The Kier molecular flexibility index (Phi) is 5.45. The van der Waals surface area contributed by atoms with Crippen LogP contribution in [0.2, 0.25) is 0 Å². The number of nitro groups is 1. The fourth-order valence-corrected chi connectivity index (χ4v) is 2.79. The first-order chi connectivity index (χ1) is 11.3. The smallest absolute Gasteiger partial charge is 0.317 e. The number of hydrogen-bond donors (Lipinski definition) is 2. The molecule has 1 heterocycles. The molecule has 1 aliphatic carbocycles. The van der Waals surface area contributed by atoms with Crippen LogP contribution < -0.4 is 5.32 Å². The van der Waals surface area contributed by atoms with E-state index < -0.39 is 16.8 Å². The third-order valence-electron chi connectivity index (χ3n) is 4.24. The van der Waals surface area contributed by atoms with E-state index in [9.17, 15) is 19.7 Å². The number of aliphatic carboxylic acids is 1. The largest absolute Gasteiger partial charge is 0.480 e. The molecule has 1 aliphatic rings. The van der Waals surface area contributed by atoms with Gasteiger partial charge in [-0.2, -0.15) is 0 Å². The van der Waals surface area contributed by atoms with Crippen molar-refractivity contribution in [2.24, 2.45) is 0 Å². The quantitative estimate of drug-likeness (QED) is 0.561. The first kappa shape index (κ1) is 17.8. The molecule has 1 aromatic heterocycles. The van der Waals surface area contributed by atoms with E-state index in [1.165, 1.54) is 6.07 Å². The Balaban J connectivity index is 1.94. The van der Waals surface area contributed by atoms with Crippen molar-refractivity contribution in [1.29, 1.82) is 0 Å².